The zero-order chi connectivity index (χ0) is 22.5. The fraction of sp³-hybridized carbons (Fsp3) is 0.800. The van der Waals surface area contributed by atoms with Crippen molar-refractivity contribution in [2.45, 2.75) is 90.9 Å². The highest BCUT2D eigenvalue weighted by Gasteiger charge is 2.33. The Balaban J connectivity index is 1.58. The molecule has 2 aliphatic rings. The van der Waals surface area contributed by atoms with Crippen LogP contribution in [0.15, 0.2) is 12.4 Å². The van der Waals surface area contributed by atoms with E-state index in [0.717, 1.165) is 64.1 Å². The maximum atomic E-state index is 12.3. The zero-order valence-corrected chi connectivity index (χ0v) is 20.5. The van der Waals surface area contributed by atoms with Crippen molar-refractivity contribution in [2.24, 2.45) is 11.8 Å². The van der Waals surface area contributed by atoms with Crippen LogP contribution >= 0.6 is 0 Å². The van der Waals surface area contributed by atoms with Crippen molar-refractivity contribution in [3.8, 4) is 0 Å². The quantitative estimate of drug-likeness (QED) is 0.623. The van der Waals surface area contributed by atoms with Gasteiger partial charge in [-0.25, -0.2) is 9.97 Å². The summed E-state index contributed by atoms with van der Waals surface area (Å²) in [7, 11) is 4.42. The highest BCUT2D eigenvalue weighted by molar-refractivity contribution is 5.82. The molecule has 1 aromatic heterocycles. The van der Waals surface area contributed by atoms with Crippen LogP contribution in [0.25, 0.3) is 0 Å². The average Bonchev–Trinajstić information content (AvgIpc) is 2.78. The summed E-state index contributed by atoms with van der Waals surface area (Å²) < 4.78 is 0. The van der Waals surface area contributed by atoms with E-state index in [1.54, 1.807) is 0 Å². The van der Waals surface area contributed by atoms with E-state index in [1.165, 1.54) is 5.56 Å². The molecular formula is C25H43N5O. The molecule has 0 spiro atoms. The lowest BCUT2D eigenvalue weighted by Gasteiger charge is -2.45. The van der Waals surface area contributed by atoms with Gasteiger partial charge in [-0.3, -0.25) is 9.69 Å². The third-order valence-electron chi connectivity index (χ3n) is 7.42. The van der Waals surface area contributed by atoms with Gasteiger partial charge >= 0.3 is 0 Å². The lowest BCUT2D eigenvalue weighted by molar-refractivity contribution is -0.127. The van der Waals surface area contributed by atoms with Crippen molar-refractivity contribution in [1.82, 2.24) is 19.8 Å². The summed E-state index contributed by atoms with van der Waals surface area (Å²) in [6.07, 6.45) is 10.5. The molecule has 0 radical (unpaired) electrons. The van der Waals surface area contributed by atoms with Crippen LogP contribution in [0, 0.1) is 11.8 Å². The molecule has 31 heavy (non-hydrogen) atoms. The van der Waals surface area contributed by atoms with E-state index < -0.39 is 0 Å². The summed E-state index contributed by atoms with van der Waals surface area (Å²) in [4.78, 5) is 29.2. The van der Waals surface area contributed by atoms with Gasteiger partial charge in [0.25, 0.3) is 0 Å². The van der Waals surface area contributed by atoms with Gasteiger partial charge in [0, 0.05) is 67.6 Å². The number of hydrogen-bond donors (Lipinski definition) is 0. The lowest BCUT2D eigenvalue weighted by Crippen LogP contribution is -2.58. The lowest BCUT2D eigenvalue weighted by atomic mass is 9.80. The van der Waals surface area contributed by atoms with Crippen molar-refractivity contribution in [2.75, 3.05) is 32.1 Å². The minimum Gasteiger partial charge on any atom is -0.332 e. The van der Waals surface area contributed by atoms with Crippen molar-refractivity contribution in [1.29, 1.82) is 0 Å². The molecule has 6 heteroatoms. The third-order valence-corrected chi connectivity index (χ3v) is 7.42. The molecule has 3 rings (SSSR count). The highest BCUT2D eigenvalue weighted by Crippen LogP contribution is 2.30. The number of anilines is 1. The largest absolute Gasteiger partial charge is 0.332 e. The molecule has 1 saturated heterocycles. The maximum Gasteiger partial charge on any atom is 0.225 e. The van der Waals surface area contributed by atoms with E-state index in [-0.39, 0.29) is 11.8 Å². The van der Waals surface area contributed by atoms with Gasteiger partial charge in [0.1, 0.15) is 5.78 Å². The number of piperazine rings is 1. The molecular weight excluding hydrogens is 386 g/mol. The number of rotatable bonds is 8. The van der Waals surface area contributed by atoms with E-state index in [1.807, 2.05) is 26.2 Å². The van der Waals surface area contributed by atoms with Crippen LogP contribution in [0.3, 0.4) is 0 Å². The van der Waals surface area contributed by atoms with Crippen LogP contribution in [-0.2, 0) is 11.3 Å². The van der Waals surface area contributed by atoms with Crippen LogP contribution in [0.4, 0.5) is 5.95 Å². The fourth-order valence-electron chi connectivity index (χ4n) is 5.50. The molecule has 6 nitrogen and oxygen atoms in total. The molecule has 0 amide bonds. The van der Waals surface area contributed by atoms with Gasteiger partial charge in [-0.1, -0.05) is 27.7 Å². The highest BCUT2D eigenvalue weighted by atomic mass is 16.1. The number of carbonyl (C=O) groups is 1. The second kappa shape index (κ2) is 10.9. The number of hydrogen-bond acceptors (Lipinski definition) is 6. The first-order valence-electron chi connectivity index (χ1n) is 12.4. The predicted octanol–water partition coefficient (Wildman–Crippen LogP) is 4.00. The second-order valence-electron chi connectivity index (χ2n) is 10.1. The van der Waals surface area contributed by atoms with Crippen molar-refractivity contribution >= 4 is 11.7 Å². The van der Waals surface area contributed by atoms with Crippen LogP contribution < -0.4 is 4.90 Å². The molecule has 2 fully saturated rings. The van der Waals surface area contributed by atoms with Crippen LogP contribution in [0.1, 0.15) is 71.8 Å². The van der Waals surface area contributed by atoms with E-state index in [0.29, 0.717) is 23.9 Å². The number of aromatic nitrogens is 2. The Hall–Kier alpha value is -1.53. The van der Waals surface area contributed by atoms with E-state index in [2.05, 4.69) is 42.6 Å². The van der Waals surface area contributed by atoms with Crippen LogP contribution in [0.5, 0.6) is 0 Å². The number of Topliss-reactive ketones (excluding diaryl/α,β-unsaturated/α-hetero) is 1. The first kappa shape index (κ1) is 24.1. The second-order valence-corrected chi connectivity index (χ2v) is 10.1. The van der Waals surface area contributed by atoms with Gasteiger partial charge in [-0.2, -0.15) is 0 Å². The molecule has 1 aliphatic heterocycles. The summed E-state index contributed by atoms with van der Waals surface area (Å²) in [5.41, 5.74) is 1.17. The van der Waals surface area contributed by atoms with Gasteiger partial charge in [0.2, 0.25) is 5.95 Å². The van der Waals surface area contributed by atoms with Crippen molar-refractivity contribution in [3.63, 3.8) is 0 Å². The van der Waals surface area contributed by atoms with E-state index in [4.69, 9.17) is 9.97 Å². The van der Waals surface area contributed by atoms with Gasteiger partial charge in [-0.05, 0) is 52.6 Å². The summed E-state index contributed by atoms with van der Waals surface area (Å²) in [6.45, 7) is 11.6. The Morgan fingerprint density at radius 1 is 1.06 bits per heavy atom. The van der Waals surface area contributed by atoms with E-state index in [9.17, 15) is 4.79 Å². The maximum absolute atomic E-state index is 12.3. The molecule has 2 atom stereocenters. The Kier molecular flexibility index (Phi) is 8.45. The van der Waals surface area contributed by atoms with Gasteiger partial charge in [0.15, 0.2) is 0 Å². The first-order valence-corrected chi connectivity index (χ1v) is 12.4. The number of carbonyl (C=O) groups excluding carboxylic acids is 1. The van der Waals surface area contributed by atoms with Crippen molar-refractivity contribution < 1.29 is 4.79 Å². The van der Waals surface area contributed by atoms with Crippen LogP contribution in [0.2, 0.25) is 0 Å². The molecule has 1 aromatic rings. The minimum absolute atomic E-state index is 0.162. The monoisotopic (exact) mass is 429 g/mol. The Bertz CT molecular complexity index is 684. The van der Waals surface area contributed by atoms with Gasteiger partial charge in [0.05, 0.1) is 0 Å². The Labute approximate surface area is 189 Å². The summed E-state index contributed by atoms with van der Waals surface area (Å²) >= 11 is 0. The third kappa shape index (κ3) is 5.83. The number of nitrogens with zero attached hydrogens (tertiary/aromatic N) is 5. The topological polar surface area (TPSA) is 52.6 Å². The Morgan fingerprint density at radius 3 is 2.10 bits per heavy atom. The SMILES string of the molecule is CCC1CN(C)CC(CC)N1c1ncc(CN(C)[C@H]2CC[C@@H](C(=O)C(C)C)CC2)cn1. The van der Waals surface area contributed by atoms with Crippen LogP contribution in [-0.4, -0.2) is 70.9 Å². The van der Waals surface area contributed by atoms with Gasteiger partial charge in [-0.15, -0.1) is 0 Å². The molecule has 2 heterocycles. The molecule has 0 bridgehead atoms. The smallest absolute Gasteiger partial charge is 0.225 e. The number of ketones is 1. The fourth-order valence-corrected chi connectivity index (χ4v) is 5.50. The summed E-state index contributed by atoms with van der Waals surface area (Å²) in [5, 5.41) is 0. The summed E-state index contributed by atoms with van der Waals surface area (Å²) in [6, 6.07) is 1.49. The predicted molar refractivity (Wildman–Crippen MR) is 127 cm³/mol. The molecule has 2 unspecified atom stereocenters. The normalized spacial score (nSPS) is 27.8. The molecule has 0 N–H and O–H groups in total. The molecule has 0 aromatic carbocycles. The van der Waals surface area contributed by atoms with Crippen molar-refractivity contribution in [3.05, 3.63) is 18.0 Å². The average molecular weight is 430 g/mol. The molecule has 1 saturated carbocycles. The molecule has 1 aliphatic carbocycles. The standard InChI is InChI=1S/C25H43N5O/c1-7-21-16-28(5)17-22(8-2)30(21)25-26-13-19(14-27-25)15-29(6)23-11-9-20(10-12-23)24(31)18(3)4/h13-14,18,20-23H,7-12,15-17H2,1-6H3/t20-,21?,22?,23+. The Morgan fingerprint density at radius 2 is 1.61 bits per heavy atom. The van der Waals surface area contributed by atoms with Gasteiger partial charge < -0.3 is 9.80 Å². The summed E-state index contributed by atoms with van der Waals surface area (Å²) in [5.74, 6) is 1.76. The van der Waals surface area contributed by atoms with E-state index >= 15 is 0 Å². The minimum atomic E-state index is 0.162. The molecule has 174 valence electrons. The first-order chi connectivity index (χ1) is 14.8. The number of likely N-dealkylation sites (N-methyl/N-ethyl adjacent to an activating group) is 1. The zero-order valence-electron chi connectivity index (χ0n) is 20.5.